The summed E-state index contributed by atoms with van der Waals surface area (Å²) in [4.78, 5) is 2.40. The Balaban J connectivity index is 0. The molecular weight excluding hydrogens is 300 g/mol. The SMILES string of the molecule is C.CC.NCCN(CCCCC(O)CO)CCCc1ccccc1. The summed E-state index contributed by atoms with van der Waals surface area (Å²) in [5.41, 5.74) is 7.06. The zero-order valence-corrected chi connectivity index (χ0v) is 15.0. The predicted octanol–water partition coefficient (Wildman–Crippen LogP) is 3.07. The first-order valence-corrected chi connectivity index (χ1v) is 9.01. The number of nitrogens with two attached hydrogens (primary N) is 1. The van der Waals surface area contributed by atoms with Gasteiger partial charge in [0.2, 0.25) is 0 Å². The fraction of sp³-hybridized carbons (Fsp3) is 0.700. The minimum Gasteiger partial charge on any atom is -0.394 e. The lowest BCUT2D eigenvalue weighted by Gasteiger charge is -2.21. The molecule has 0 bridgehead atoms. The second-order valence-electron chi connectivity index (χ2n) is 5.55. The normalized spacial score (nSPS) is 11.4. The fourth-order valence-electron chi connectivity index (χ4n) is 2.48. The molecule has 142 valence electrons. The van der Waals surface area contributed by atoms with E-state index in [1.807, 2.05) is 19.9 Å². The van der Waals surface area contributed by atoms with Crippen LogP contribution in [0.1, 0.15) is 52.5 Å². The molecule has 0 aliphatic rings. The lowest BCUT2D eigenvalue weighted by atomic mass is 10.1. The summed E-state index contributed by atoms with van der Waals surface area (Å²) in [5.74, 6) is 0. The Hall–Kier alpha value is -0.940. The molecule has 0 amide bonds. The maximum absolute atomic E-state index is 9.31. The van der Waals surface area contributed by atoms with E-state index < -0.39 is 6.10 Å². The number of aliphatic hydroxyl groups excluding tert-OH is 2. The van der Waals surface area contributed by atoms with Crippen molar-refractivity contribution >= 4 is 0 Å². The number of nitrogens with zero attached hydrogens (tertiary/aromatic N) is 1. The Kier molecular flexibility index (Phi) is 19.4. The van der Waals surface area contributed by atoms with Crippen molar-refractivity contribution in [1.29, 1.82) is 0 Å². The topological polar surface area (TPSA) is 69.7 Å². The summed E-state index contributed by atoms with van der Waals surface area (Å²) in [7, 11) is 0. The van der Waals surface area contributed by atoms with Crippen LogP contribution in [-0.2, 0) is 6.42 Å². The van der Waals surface area contributed by atoms with Gasteiger partial charge in [-0.3, -0.25) is 0 Å². The van der Waals surface area contributed by atoms with Gasteiger partial charge in [0.1, 0.15) is 0 Å². The molecule has 1 aromatic rings. The van der Waals surface area contributed by atoms with E-state index in [4.69, 9.17) is 10.8 Å². The monoisotopic (exact) mass is 340 g/mol. The van der Waals surface area contributed by atoms with Crippen molar-refractivity contribution in [3.05, 3.63) is 35.9 Å². The number of aryl methyl sites for hydroxylation is 1. The first-order valence-electron chi connectivity index (χ1n) is 9.01. The highest BCUT2D eigenvalue weighted by Crippen LogP contribution is 2.06. The third-order valence-electron chi connectivity index (χ3n) is 3.70. The van der Waals surface area contributed by atoms with Crippen LogP contribution in [0, 0.1) is 0 Å². The summed E-state index contributed by atoms with van der Waals surface area (Å²) in [5, 5.41) is 18.1. The van der Waals surface area contributed by atoms with E-state index in [9.17, 15) is 5.11 Å². The maximum Gasteiger partial charge on any atom is 0.0770 e. The Morgan fingerprint density at radius 3 is 2.21 bits per heavy atom. The van der Waals surface area contributed by atoms with Crippen molar-refractivity contribution < 1.29 is 10.2 Å². The number of benzene rings is 1. The van der Waals surface area contributed by atoms with Crippen molar-refractivity contribution in [2.45, 2.75) is 59.5 Å². The molecule has 24 heavy (non-hydrogen) atoms. The van der Waals surface area contributed by atoms with Crippen molar-refractivity contribution in [2.75, 3.05) is 32.8 Å². The molecule has 0 saturated heterocycles. The highest BCUT2D eigenvalue weighted by molar-refractivity contribution is 5.14. The minimum absolute atomic E-state index is 0. The second kappa shape index (κ2) is 18.4. The molecule has 1 atom stereocenters. The molecule has 0 fully saturated rings. The van der Waals surface area contributed by atoms with Gasteiger partial charge in [0.05, 0.1) is 12.7 Å². The van der Waals surface area contributed by atoms with Crippen LogP contribution in [0.15, 0.2) is 30.3 Å². The summed E-state index contributed by atoms with van der Waals surface area (Å²) < 4.78 is 0. The van der Waals surface area contributed by atoms with Crippen LogP contribution < -0.4 is 5.73 Å². The van der Waals surface area contributed by atoms with Crippen LogP contribution in [0.3, 0.4) is 0 Å². The molecule has 4 nitrogen and oxygen atoms in total. The fourth-order valence-corrected chi connectivity index (χ4v) is 2.48. The van der Waals surface area contributed by atoms with Gasteiger partial charge in [0.25, 0.3) is 0 Å². The number of hydrogen-bond donors (Lipinski definition) is 3. The van der Waals surface area contributed by atoms with Gasteiger partial charge in [-0.1, -0.05) is 51.6 Å². The molecule has 0 radical (unpaired) electrons. The lowest BCUT2D eigenvalue weighted by Crippen LogP contribution is -2.31. The quantitative estimate of drug-likeness (QED) is 0.512. The number of hydrogen-bond acceptors (Lipinski definition) is 4. The first-order chi connectivity index (χ1) is 11.3. The predicted molar refractivity (Wildman–Crippen MR) is 105 cm³/mol. The highest BCUT2D eigenvalue weighted by Gasteiger charge is 2.06. The maximum atomic E-state index is 9.31. The molecule has 0 heterocycles. The smallest absolute Gasteiger partial charge is 0.0770 e. The first kappa shape index (κ1) is 25.3. The Morgan fingerprint density at radius 1 is 1.00 bits per heavy atom. The minimum atomic E-state index is -0.564. The van der Waals surface area contributed by atoms with Gasteiger partial charge in [0.15, 0.2) is 0 Å². The number of rotatable bonds is 12. The van der Waals surface area contributed by atoms with E-state index in [0.29, 0.717) is 13.0 Å². The summed E-state index contributed by atoms with van der Waals surface area (Å²) >= 11 is 0. The third-order valence-corrected chi connectivity index (χ3v) is 3.70. The van der Waals surface area contributed by atoms with Crippen LogP contribution in [0.4, 0.5) is 0 Å². The van der Waals surface area contributed by atoms with Crippen molar-refractivity contribution in [3.63, 3.8) is 0 Å². The highest BCUT2D eigenvalue weighted by atomic mass is 16.3. The average Bonchev–Trinajstić information content (AvgIpc) is 2.61. The van der Waals surface area contributed by atoms with Gasteiger partial charge in [-0.05, 0) is 50.8 Å². The summed E-state index contributed by atoms with van der Waals surface area (Å²) in [6, 6.07) is 10.6. The molecule has 0 aromatic heterocycles. The average molecular weight is 341 g/mol. The van der Waals surface area contributed by atoms with E-state index in [2.05, 4.69) is 29.2 Å². The van der Waals surface area contributed by atoms with E-state index in [1.54, 1.807) is 0 Å². The Bertz CT molecular complexity index is 347. The van der Waals surface area contributed by atoms with E-state index in [-0.39, 0.29) is 14.0 Å². The van der Waals surface area contributed by atoms with E-state index in [1.165, 1.54) is 5.56 Å². The van der Waals surface area contributed by atoms with Crippen molar-refractivity contribution in [3.8, 4) is 0 Å². The van der Waals surface area contributed by atoms with Crippen LogP contribution in [0.25, 0.3) is 0 Å². The second-order valence-corrected chi connectivity index (χ2v) is 5.55. The molecule has 0 aliphatic carbocycles. The molecule has 4 N–H and O–H groups in total. The largest absolute Gasteiger partial charge is 0.394 e. The molecule has 0 aliphatic heterocycles. The Labute approximate surface area is 149 Å². The van der Waals surface area contributed by atoms with E-state index in [0.717, 1.165) is 45.3 Å². The zero-order valence-electron chi connectivity index (χ0n) is 15.0. The van der Waals surface area contributed by atoms with Crippen LogP contribution in [0.5, 0.6) is 0 Å². The van der Waals surface area contributed by atoms with Gasteiger partial charge < -0.3 is 20.8 Å². The van der Waals surface area contributed by atoms with Crippen molar-refractivity contribution in [2.24, 2.45) is 5.73 Å². The summed E-state index contributed by atoms with van der Waals surface area (Å²) in [6.45, 7) is 7.56. The van der Waals surface area contributed by atoms with Crippen LogP contribution >= 0.6 is 0 Å². The molecule has 1 aromatic carbocycles. The van der Waals surface area contributed by atoms with Gasteiger partial charge in [-0.25, -0.2) is 0 Å². The van der Waals surface area contributed by atoms with Gasteiger partial charge in [-0.15, -0.1) is 0 Å². The van der Waals surface area contributed by atoms with Gasteiger partial charge in [0, 0.05) is 13.1 Å². The third kappa shape index (κ3) is 13.5. The van der Waals surface area contributed by atoms with E-state index >= 15 is 0 Å². The zero-order chi connectivity index (χ0) is 17.3. The number of unbranched alkanes of at least 4 members (excludes halogenated alkanes) is 1. The van der Waals surface area contributed by atoms with Crippen LogP contribution in [-0.4, -0.2) is 54.0 Å². The molecule has 4 heteroatoms. The van der Waals surface area contributed by atoms with Gasteiger partial charge >= 0.3 is 0 Å². The lowest BCUT2D eigenvalue weighted by molar-refractivity contribution is 0.0852. The Morgan fingerprint density at radius 2 is 1.62 bits per heavy atom. The molecule has 0 spiro atoms. The molecule has 1 unspecified atom stereocenters. The molecule has 1 rings (SSSR count). The standard InChI is InChI=1S/C17H30N2O2.C2H6.CH4/c18-11-14-19(12-5-4-10-17(21)15-20)13-6-9-16-7-2-1-3-8-16;1-2;/h1-3,7-8,17,20-21H,4-6,9-15,18H2;1-2H3;1H4. The molecular formula is C20H40N2O2. The van der Waals surface area contributed by atoms with Crippen molar-refractivity contribution in [1.82, 2.24) is 4.90 Å². The van der Waals surface area contributed by atoms with Crippen LogP contribution in [0.2, 0.25) is 0 Å². The van der Waals surface area contributed by atoms with Gasteiger partial charge in [-0.2, -0.15) is 0 Å². The number of aliphatic hydroxyl groups is 2. The molecule has 0 saturated carbocycles. The summed E-state index contributed by atoms with van der Waals surface area (Å²) in [6.07, 6.45) is 4.35.